The summed E-state index contributed by atoms with van der Waals surface area (Å²) in [4.78, 5) is 14.6. The van der Waals surface area contributed by atoms with Crippen molar-refractivity contribution in [1.82, 2.24) is 9.38 Å². The normalized spacial score (nSPS) is 10.4. The third-order valence-electron chi connectivity index (χ3n) is 1.69. The molecule has 0 saturated carbocycles. The fraction of sp³-hybridized carbons (Fsp3) is 0. The second-order valence-electron chi connectivity index (χ2n) is 2.36. The maximum atomic E-state index is 10.6. The maximum absolute atomic E-state index is 10.6. The van der Waals surface area contributed by atoms with Gasteiger partial charge in [-0.2, -0.15) is 0 Å². The Hall–Kier alpha value is -1.16. The Balaban J connectivity index is 2.89. The van der Waals surface area contributed by atoms with Crippen LogP contribution in [0.5, 0.6) is 0 Å². The lowest BCUT2D eigenvalue weighted by molar-refractivity contribution is 0.112. The summed E-state index contributed by atoms with van der Waals surface area (Å²) in [6.45, 7) is 0. The molecule has 12 heavy (non-hydrogen) atoms. The summed E-state index contributed by atoms with van der Waals surface area (Å²) in [5.74, 6) is 0. The number of imidazole rings is 1. The predicted octanol–water partition coefficient (Wildman–Crippen LogP) is 1.91. The van der Waals surface area contributed by atoms with Crippen LogP contribution in [0.4, 0.5) is 0 Å². The highest BCUT2D eigenvalue weighted by atomic mass is 79.9. The van der Waals surface area contributed by atoms with Gasteiger partial charge in [-0.05, 0) is 28.1 Å². The van der Waals surface area contributed by atoms with Crippen molar-refractivity contribution in [3.8, 4) is 0 Å². The molecule has 0 aliphatic heterocycles. The molecule has 2 aromatic rings. The average Bonchev–Trinajstić information content (AvgIpc) is 2.48. The number of hydrogen-bond acceptors (Lipinski definition) is 2. The van der Waals surface area contributed by atoms with E-state index in [1.165, 1.54) is 0 Å². The van der Waals surface area contributed by atoms with Crippen LogP contribution in [0.1, 0.15) is 10.4 Å². The molecule has 0 saturated heterocycles. The van der Waals surface area contributed by atoms with Gasteiger partial charge in [0.1, 0.15) is 0 Å². The van der Waals surface area contributed by atoms with Crippen molar-refractivity contribution >= 4 is 27.7 Å². The first-order chi connectivity index (χ1) is 5.83. The highest BCUT2D eigenvalue weighted by Gasteiger charge is 2.02. The Kier molecular flexibility index (Phi) is 1.69. The molecular formula is C8H5BrN2O. The van der Waals surface area contributed by atoms with E-state index < -0.39 is 0 Å². The minimum absolute atomic E-state index is 0.649. The number of aldehydes is 1. The van der Waals surface area contributed by atoms with Gasteiger partial charge >= 0.3 is 0 Å². The SMILES string of the molecule is O=Cc1cccn2c(Br)ncc12. The van der Waals surface area contributed by atoms with Crippen molar-refractivity contribution < 1.29 is 4.79 Å². The van der Waals surface area contributed by atoms with Gasteiger partial charge in [0.2, 0.25) is 0 Å². The number of nitrogens with zero attached hydrogens (tertiary/aromatic N) is 2. The molecule has 0 aliphatic rings. The van der Waals surface area contributed by atoms with E-state index in [1.54, 1.807) is 12.3 Å². The van der Waals surface area contributed by atoms with Crippen LogP contribution in [-0.2, 0) is 0 Å². The molecule has 0 aliphatic carbocycles. The summed E-state index contributed by atoms with van der Waals surface area (Å²) in [5, 5.41) is 0. The van der Waals surface area contributed by atoms with E-state index in [4.69, 9.17) is 0 Å². The molecule has 0 N–H and O–H groups in total. The summed E-state index contributed by atoms with van der Waals surface area (Å²) in [5.41, 5.74) is 1.47. The molecule has 3 nitrogen and oxygen atoms in total. The van der Waals surface area contributed by atoms with Gasteiger partial charge in [0.05, 0.1) is 11.7 Å². The Morgan fingerprint density at radius 2 is 2.42 bits per heavy atom. The second-order valence-corrected chi connectivity index (χ2v) is 3.07. The summed E-state index contributed by atoms with van der Waals surface area (Å²) in [6.07, 6.45) is 4.33. The van der Waals surface area contributed by atoms with E-state index in [2.05, 4.69) is 20.9 Å². The van der Waals surface area contributed by atoms with Gasteiger partial charge in [-0.1, -0.05) is 0 Å². The lowest BCUT2D eigenvalue weighted by Crippen LogP contribution is -1.88. The van der Waals surface area contributed by atoms with Crippen LogP contribution >= 0.6 is 15.9 Å². The standard InChI is InChI=1S/C8H5BrN2O/c9-8-10-4-7-6(5-12)2-1-3-11(7)8/h1-5H. The van der Waals surface area contributed by atoms with Crippen molar-refractivity contribution in [2.75, 3.05) is 0 Å². The number of hydrogen-bond donors (Lipinski definition) is 0. The number of carbonyl (C=O) groups is 1. The third-order valence-corrected chi connectivity index (χ3v) is 2.27. The number of rotatable bonds is 1. The van der Waals surface area contributed by atoms with Crippen LogP contribution in [0, 0.1) is 0 Å². The Morgan fingerprint density at radius 1 is 1.58 bits per heavy atom. The number of fused-ring (bicyclic) bond motifs is 1. The van der Waals surface area contributed by atoms with Crippen molar-refractivity contribution in [1.29, 1.82) is 0 Å². The van der Waals surface area contributed by atoms with Gasteiger partial charge in [-0.15, -0.1) is 0 Å². The molecule has 2 heterocycles. The van der Waals surface area contributed by atoms with E-state index in [0.717, 1.165) is 11.8 Å². The van der Waals surface area contributed by atoms with Crippen molar-refractivity contribution in [2.45, 2.75) is 0 Å². The van der Waals surface area contributed by atoms with E-state index in [9.17, 15) is 4.79 Å². The minimum atomic E-state index is 0.649. The Morgan fingerprint density at radius 3 is 3.17 bits per heavy atom. The number of aromatic nitrogens is 2. The van der Waals surface area contributed by atoms with Crippen LogP contribution in [0.25, 0.3) is 5.52 Å². The maximum Gasteiger partial charge on any atom is 0.181 e. The molecule has 0 bridgehead atoms. The highest BCUT2D eigenvalue weighted by molar-refractivity contribution is 9.10. The van der Waals surface area contributed by atoms with Crippen LogP contribution < -0.4 is 0 Å². The zero-order valence-corrected chi connectivity index (χ0v) is 7.65. The summed E-state index contributed by atoms with van der Waals surface area (Å²) in [7, 11) is 0. The summed E-state index contributed by atoms with van der Waals surface area (Å²) < 4.78 is 2.52. The van der Waals surface area contributed by atoms with Crippen LogP contribution in [0.3, 0.4) is 0 Å². The predicted molar refractivity (Wildman–Crippen MR) is 48.3 cm³/mol. The molecule has 0 amide bonds. The van der Waals surface area contributed by atoms with Gasteiger partial charge < -0.3 is 0 Å². The highest BCUT2D eigenvalue weighted by Crippen LogP contribution is 2.14. The van der Waals surface area contributed by atoms with Crippen LogP contribution in [0.2, 0.25) is 0 Å². The molecule has 60 valence electrons. The molecule has 2 aromatic heterocycles. The molecule has 4 heteroatoms. The van der Waals surface area contributed by atoms with Gasteiger partial charge in [0.15, 0.2) is 11.0 Å². The van der Waals surface area contributed by atoms with Gasteiger partial charge in [0.25, 0.3) is 0 Å². The molecule has 0 radical (unpaired) electrons. The van der Waals surface area contributed by atoms with Gasteiger partial charge in [-0.3, -0.25) is 9.20 Å². The first kappa shape index (κ1) is 7.49. The lowest BCUT2D eigenvalue weighted by Gasteiger charge is -1.95. The van der Waals surface area contributed by atoms with E-state index in [0.29, 0.717) is 10.3 Å². The van der Waals surface area contributed by atoms with E-state index in [-0.39, 0.29) is 0 Å². The first-order valence-corrected chi connectivity index (χ1v) is 4.19. The monoisotopic (exact) mass is 224 g/mol. The Bertz CT molecular complexity index is 436. The number of halogens is 1. The molecule has 0 atom stereocenters. The summed E-state index contributed by atoms with van der Waals surface area (Å²) in [6, 6.07) is 3.57. The van der Waals surface area contributed by atoms with E-state index >= 15 is 0 Å². The molecular weight excluding hydrogens is 220 g/mol. The Labute approximate surface area is 77.2 Å². The van der Waals surface area contributed by atoms with Gasteiger partial charge in [0, 0.05) is 11.8 Å². The first-order valence-electron chi connectivity index (χ1n) is 3.39. The molecule has 0 spiro atoms. The lowest BCUT2D eigenvalue weighted by atomic mass is 10.2. The van der Waals surface area contributed by atoms with Gasteiger partial charge in [-0.25, -0.2) is 4.98 Å². The zero-order valence-electron chi connectivity index (χ0n) is 6.07. The molecule has 2 rings (SSSR count). The third kappa shape index (κ3) is 0.956. The molecule has 0 fully saturated rings. The van der Waals surface area contributed by atoms with Crippen molar-refractivity contribution in [3.63, 3.8) is 0 Å². The smallest absolute Gasteiger partial charge is 0.181 e. The largest absolute Gasteiger partial charge is 0.298 e. The quantitative estimate of drug-likeness (QED) is 0.694. The fourth-order valence-corrected chi connectivity index (χ4v) is 1.52. The fourth-order valence-electron chi connectivity index (χ4n) is 1.11. The van der Waals surface area contributed by atoms with Crippen molar-refractivity contribution in [3.05, 3.63) is 34.8 Å². The van der Waals surface area contributed by atoms with Crippen LogP contribution in [0.15, 0.2) is 29.3 Å². The van der Waals surface area contributed by atoms with E-state index in [1.807, 2.05) is 16.7 Å². The zero-order chi connectivity index (χ0) is 8.55. The number of carbonyl (C=O) groups excluding carboxylic acids is 1. The second kappa shape index (κ2) is 2.71. The molecule has 0 unspecified atom stereocenters. The topological polar surface area (TPSA) is 34.4 Å². The summed E-state index contributed by atoms with van der Waals surface area (Å²) >= 11 is 3.27. The van der Waals surface area contributed by atoms with Crippen molar-refractivity contribution in [2.24, 2.45) is 0 Å². The average molecular weight is 225 g/mol. The minimum Gasteiger partial charge on any atom is -0.298 e. The van der Waals surface area contributed by atoms with Crippen LogP contribution in [-0.4, -0.2) is 15.7 Å². The molecule has 0 aromatic carbocycles. The number of pyridine rings is 1.